The third-order valence-electron chi connectivity index (χ3n) is 9.41. The van der Waals surface area contributed by atoms with Gasteiger partial charge in [-0.05, 0) is 80.0 Å². The highest BCUT2D eigenvalue weighted by molar-refractivity contribution is 5.96. The van der Waals surface area contributed by atoms with Crippen LogP contribution >= 0.6 is 0 Å². The molecule has 1 aliphatic carbocycles. The number of allylic oxidation sites excluding steroid dienone is 5. The summed E-state index contributed by atoms with van der Waals surface area (Å²) >= 11 is 0. The number of rotatable bonds is 10. The van der Waals surface area contributed by atoms with Crippen molar-refractivity contribution < 1.29 is 36.3 Å². The van der Waals surface area contributed by atoms with Gasteiger partial charge >= 0.3 is 6.18 Å². The van der Waals surface area contributed by atoms with Crippen LogP contribution in [0.5, 0.6) is 5.75 Å². The summed E-state index contributed by atoms with van der Waals surface area (Å²) in [5.74, 6) is -2.55. The molecule has 1 N–H and O–H groups in total. The highest BCUT2D eigenvalue weighted by Gasteiger charge is 2.34. The van der Waals surface area contributed by atoms with Gasteiger partial charge in [0, 0.05) is 67.0 Å². The van der Waals surface area contributed by atoms with Crippen molar-refractivity contribution >= 4 is 24.1 Å². The number of likely N-dealkylation sites (tertiary alicyclic amines) is 1. The first-order valence-corrected chi connectivity index (χ1v) is 16.7. The van der Waals surface area contributed by atoms with Crippen LogP contribution in [0.3, 0.4) is 0 Å². The zero-order valence-electron chi connectivity index (χ0n) is 28.2. The van der Waals surface area contributed by atoms with Gasteiger partial charge in [-0.25, -0.2) is 8.78 Å². The molecule has 1 unspecified atom stereocenters. The maximum Gasteiger partial charge on any atom is 0.416 e. The normalized spacial score (nSPS) is 18.4. The fourth-order valence-corrected chi connectivity index (χ4v) is 6.14. The molecule has 2 heterocycles. The standard InChI is InChI=1S/C38H42F5N3O3/c1-5-26-17-30(38(41,42)43)12-15-32(18-26)49-31-13-9-29(10-14-31)36(48)46-20-27(21-46)19-45-22-34-25(4)33(16-11-28(34)8-7-24(45)3)35(47)44-23-37(39,40)6-2/h8-17,22,24,27H,5-7,18-21,23H2,1-4H3,(H,44,47). The maximum atomic E-state index is 13.8. The van der Waals surface area contributed by atoms with Gasteiger partial charge in [-0.2, -0.15) is 13.2 Å². The van der Waals surface area contributed by atoms with Crippen LogP contribution < -0.4 is 20.5 Å². The largest absolute Gasteiger partial charge is 0.461 e. The molecule has 1 saturated heterocycles. The zero-order chi connectivity index (χ0) is 35.5. The Bertz CT molecular complexity index is 1790. The van der Waals surface area contributed by atoms with Crippen LogP contribution in [0.15, 0.2) is 71.5 Å². The van der Waals surface area contributed by atoms with E-state index in [9.17, 15) is 31.5 Å². The topological polar surface area (TPSA) is 61.9 Å². The minimum atomic E-state index is -4.44. The molecule has 0 saturated carbocycles. The lowest BCUT2D eigenvalue weighted by atomic mass is 9.97. The van der Waals surface area contributed by atoms with Crippen molar-refractivity contribution in [2.75, 3.05) is 26.2 Å². The average Bonchev–Trinajstić information content (AvgIpc) is 3.36. The molecule has 2 aromatic carbocycles. The summed E-state index contributed by atoms with van der Waals surface area (Å²) in [6.45, 7) is 8.27. The van der Waals surface area contributed by atoms with Gasteiger partial charge in [0.2, 0.25) is 0 Å². The third kappa shape index (κ3) is 8.61. The van der Waals surface area contributed by atoms with E-state index in [-0.39, 0.29) is 30.7 Å². The summed E-state index contributed by atoms with van der Waals surface area (Å²) < 4.78 is 73.3. The number of nitrogens with zero attached hydrogens (tertiary/aromatic N) is 2. The number of carbonyl (C=O) groups is 2. The molecule has 0 aromatic heterocycles. The minimum absolute atomic E-state index is 0.114. The van der Waals surface area contributed by atoms with Crippen LogP contribution in [0.4, 0.5) is 22.0 Å². The quantitative estimate of drug-likeness (QED) is 0.285. The van der Waals surface area contributed by atoms with Crippen molar-refractivity contribution in [1.29, 1.82) is 0 Å². The van der Waals surface area contributed by atoms with E-state index >= 15 is 0 Å². The van der Waals surface area contributed by atoms with Crippen molar-refractivity contribution in [2.24, 2.45) is 5.92 Å². The van der Waals surface area contributed by atoms with Crippen LogP contribution in [0.2, 0.25) is 0 Å². The van der Waals surface area contributed by atoms with Crippen LogP contribution in [-0.2, 0) is 0 Å². The zero-order valence-corrected chi connectivity index (χ0v) is 28.2. The molecule has 1 atom stereocenters. The van der Waals surface area contributed by atoms with E-state index in [1.165, 1.54) is 19.1 Å². The van der Waals surface area contributed by atoms with Gasteiger partial charge < -0.3 is 19.9 Å². The summed E-state index contributed by atoms with van der Waals surface area (Å²) in [5, 5.41) is 4.24. The molecule has 0 bridgehead atoms. The van der Waals surface area contributed by atoms with Crippen molar-refractivity contribution in [2.45, 2.75) is 71.5 Å². The first-order valence-electron chi connectivity index (χ1n) is 16.7. The molecule has 5 rings (SSSR count). The molecule has 3 aliphatic rings. The predicted octanol–water partition coefficient (Wildman–Crippen LogP) is 6.65. The molecule has 0 radical (unpaired) electrons. The van der Waals surface area contributed by atoms with Gasteiger partial charge in [0.15, 0.2) is 0 Å². The first-order chi connectivity index (χ1) is 23.2. The summed E-state index contributed by atoms with van der Waals surface area (Å²) in [5.41, 5.74) is 1.48. The van der Waals surface area contributed by atoms with Gasteiger partial charge in [0.1, 0.15) is 11.5 Å². The highest BCUT2D eigenvalue weighted by atomic mass is 19.4. The number of hydrogen-bond acceptors (Lipinski definition) is 4. The number of benzene rings is 2. The van der Waals surface area contributed by atoms with E-state index in [0.717, 1.165) is 28.5 Å². The van der Waals surface area contributed by atoms with Crippen LogP contribution in [0.25, 0.3) is 12.3 Å². The summed E-state index contributed by atoms with van der Waals surface area (Å²) in [7, 11) is 0. The maximum absolute atomic E-state index is 13.8. The SMILES string of the molecule is CCC1=CC(C(F)(F)F)=CC=C(Oc2ccc(C(=O)N3CC(CN4C=c5c(C)c(C(=O)NCC(F)(F)CC)ccc5=CCC4C)C3)cc2)C1. The molecule has 6 nitrogen and oxygen atoms in total. The van der Waals surface area contributed by atoms with Crippen molar-refractivity contribution in [1.82, 2.24) is 15.1 Å². The summed E-state index contributed by atoms with van der Waals surface area (Å²) in [4.78, 5) is 30.0. The van der Waals surface area contributed by atoms with E-state index in [2.05, 4.69) is 23.2 Å². The Morgan fingerprint density at radius 2 is 1.71 bits per heavy atom. The van der Waals surface area contributed by atoms with E-state index in [4.69, 9.17) is 4.74 Å². The number of alkyl halides is 5. The van der Waals surface area contributed by atoms with Crippen LogP contribution in [0, 0.1) is 12.8 Å². The molecule has 262 valence electrons. The second-order valence-electron chi connectivity index (χ2n) is 13.0. The second-order valence-corrected chi connectivity index (χ2v) is 13.0. The molecule has 0 spiro atoms. The van der Waals surface area contributed by atoms with Crippen molar-refractivity contribution in [3.05, 3.63) is 98.7 Å². The van der Waals surface area contributed by atoms with Crippen LogP contribution in [-0.4, -0.2) is 65.9 Å². The van der Waals surface area contributed by atoms with Gasteiger partial charge in [0.05, 0.1) is 12.1 Å². The number of carbonyl (C=O) groups excluding carboxylic acids is 2. The lowest BCUT2D eigenvalue weighted by Gasteiger charge is -2.42. The van der Waals surface area contributed by atoms with Crippen molar-refractivity contribution in [3.63, 3.8) is 0 Å². The van der Waals surface area contributed by atoms with E-state index in [0.29, 0.717) is 54.3 Å². The molecule has 1 fully saturated rings. The van der Waals surface area contributed by atoms with Gasteiger partial charge in [-0.15, -0.1) is 0 Å². The predicted molar refractivity (Wildman–Crippen MR) is 179 cm³/mol. The lowest BCUT2D eigenvalue weighted by Crippen LogP contribution is -2.54. The Labute approximate surface area is 283 Å². The van der Waals surface area contributed by atoms with Crippen LogP contribution in [0.1, 0.15) is 72.7 Å². The van der Waals surface area contributed by atoms with Crippen molar-refractivity contribution in [3.8, 4) is 5.75 Å². The number of nitrogens with one attached hydrogen (secondary N) is 1. The first kappa shape index (κ1) is 35.9. The van der Waals surface area contributed by atoms with Gasteiger partial charge in [0.25, 0.3) is 17.7 Å². The molecule has 2 aromatic rings. The Morgan fingerprint density at radius 1 is 1.00 bits per heavy atom. The monoisotopic (exact) mass is 683 g/mol. The number of hydrogen-bond donors (Lipinski definition) is 1. The van der Waals surface area contributed by atoms with E-state index in [1.54, 1.807) is 42.2 Å². The minimum Gasteiger partial charge on any atom is -0.461 e. The summed E-state index contributed by atoms with van der Waals surface area (Å²) in [6.07, 6.45) is 4.41. The number of fused-ring (bicyclic) bond motifs is 1. The smallest absolute Gasteiger partial charge is 0.416 e. The third-order valence-corrected chi connectivity index (χ3v) is 9.41. The Morgan fingerprint density at radius 3 is 2.37 bits per heavy atom. The lowest BCUT2D eigenvalue weighted by molar-refractivity contribution is -0.0882. The van der Waals surface area contributed by atoms with Gasteiger partial charge in [-0.1, -0.05) is 37.6 Å². The molecular formula is C38H42F5N3O3. The fourth-order valence-electron chi connectivity index (χ4n) is 6.14. The van der Waals surface area contributed by atoms with E-state index in [1.807, 2.05) is 19.2 Å². The molecule has 2 aliphatic heterocycles. The molecule has 2 amide bonds. The van der Waals surface area contributed by atoms with Gasteiger partial charge in [-0.3, -0.25) is 9.59 Å². The Kier molecular flexibility index (Phi) is 10.7. The Hall–Kier alpha value is -4.41. The summed E-state index contributed by atoms with van der Waals surface area (Å²) in [6, 6.07) is 10.3. The highest BCUT2D eigenvalue weighted by Crippen LogP contribution is 2.32. The number of amides is 2. The average molecular weight is 684 g/mol. The molecular weight excluding hydrogens is 641 g/mol. The number of ether oxygens (including phenoxy) is 1. The molecule has 49 heavy (non-hydrogen) atoms. The Balaban J connectivity index is 1.20. The number of halogens is 5. The second kappa shape index (κ2) is 14.6. The molecule has 11 heteroatoms. The van der Waals surface area contributed by atoms with E-state index < -0.39 is 30.1 Å². The fraction of sp³-hybridized carbons (Fsp3) is 0.421.